The number of rotatable bonds is 3. The van der Waals surface area contributed by atoms with E-state index in [1.807, 2.05) is 61.2 Å². The van der Waals surface area contributed by atoms with Gasteiger partial charge in [-0.15, -0.1) is 0 Å². The molecule has 0 saturated carbocycles. The summed E-state index contributed by atoms with van der Waals surface area (Å²) in [4.78, 5) is 16.1. The Hall–Kier alpha value is -2.70. The van der Waals surface area contributed by atoms with Gasteiger partial charge >= 0.3 is 6.18 Å². The van der Waals surface area contributed by atoms with E-state index in [4.69, 9.17) is 0 Å². The number of carbonyl (C=O) groups excluding carboxylic acids is 1. The number of nitrogens with one attached hydrogen (secondary N) is 1. The third-order valence-corrected chi connectivity index (χ3v) is 6.35. The highest BCUT2D eigenvalue weighted by Crippen LogP contribution is 2.42. The summed E-state index contributed by atoms with van der Waals surface area (Å²) in [5.41, 5.74) is 4.09. The predicted molar refractivity (Wildman–Crippen MR) is 114 cm³/mol. The summed E-state index contributed by atoms with van der Waals surface area (Å²) in [5, 5.41) is 3.35. The predicted octanol–water partition coefficient (Wildman–Crippen LogP) is 5.46. The van der Waals surface area contributed by atoms with E-state index in [2.05, 4.69) is 5.32 Å². The van der Waals surface area contributed by atoms with Gasteiger partial charge in [-0.2, -0.15) is 13.2 Å². The zero-order valence-corrected chi connectivity index (χ0v) is 17.4. The van der Waals surface area contributed by atoms with Gasteiger partial charge in [0, 0.05) is 42.9 Å². The van der Waals surface area contributed by atoms with Crippen LogP contribution in [-0.2, 0) is 10.2 Å². The van der Waals surface area contributed by atoms with Gasteiger partial charge in [0.1, 0.15) is 0 Å². The van der Waals surface area contributed by atoms with E-state index in [1.165, 1.54) is 0 Å². The average Bonchev–Trinajstić information content (AvgIpc) is 2.88. The van der Waals surface area contributed by atoms with Crippen LogP contribution in [0.3, 0.4) is 0 Å². The molecule has 2 aromatic rings. The lowest BCUT2D eigenvalue weighted by molar-refractivity contribution is -0.179. The van der Waals surface area contributed by atoms with E-state index in [0.717, 1.165) is 28.3 Å². The maximum atomic E-state index is 12.9. The van der Waals surface area contributed by atoms with Crippen LogP contribution in [0.4, 0.5) is 35.9 Å². The maximum absolute atomic E-state index is 12.9. The first-order valence-electron chi connectivity index (χ1n) is 10.2. The number of amides is 1. The summed E-state index contributed by atoms with van der Waals surface area (Å²) in [6.07, 6.45) is -3.81. The molecule has 0 aliphatic carbocycles. The van der Waals surface area contributed by atoms with E-state index in [9.17, 15) is 18.0 Å². The SMILES string of the molecule is CN1C(=O)C(C)(C)c2ccc(Nc3ccc(N4CCC(C(F)(F)F)CC4)cc3)cc21. The third-order valence-electron chi connectivity index (χ3n) is 6.35. The lowest BCUT2D eigenvalue weighted by Crippen LogP contribution is -2.38. The second-order valence-corrected chi connectivity index (χ2v) is 8.70. The molecule has 0 atom stereocenters. The van der Waals surface area contributed by atoms with Crippen LogP contribution in [0.5, 0.6) is 0 Å². The molecule has 1 saturated heterocycles. The fourth-order valence-corrected chi connectivity index (χ4v) is 4.45. The zero-order chi connectivity index (χ0) is 21.7. The minimum atomic E-state index is -4.09. The molecular weight excluding hydrogens is 391 g/mol. The van der Waals surface area contributed by atoms with Gasteiger partial charge in [-0.1, -0.05) is 6.07 Å². The Labute approximate surface area is 174 Å². The van der Waals surface area contributed by atoms with Crippen molar-refractivity contribution in [2.24, 2.45) is 5.92 Å². The molecule has 0 radical (unpaired) electrons. The van der Waals surface area contributed by atoms with Crippen molar-refractivity contribution in [2.75, 3.05) is 35.3 Å². The molecule has 4 rings (SSSR count). The van der Waals surface area contributed by atoms with Crippen molar-refractivity contribution in [1.82, 2.24) is 0 Å². The smallest absolute Gasteiger partial charge is 0.372 e. The first-order valence-corrected chi connectivity index (χ1v) is 10.2. The van der Waals surface area contributed by atoms with Gasteiger partial charge in [0.05, 0.1) is 11.3 Å². The second kappa shape index (κ2) is 7.22. The number of hydrogen-bond acceptors (Lipinski definition) is 3. The minimum absolute atomic E-state index is 0.0771. The van der Waals surface area contributed by atoms with Gasteiger partial charge in [0.25, 0.3) is 0 Å². The molecule has 7 heteroatoms. The Kier molecular flexibility index (Phi) is 4.95. The topological polar surface area (TPSA) is 35.6 Å². The second-order valence-electron chi connectivity index (χ2n) is 8.70. The fourth-order valence-electron chi connectivity index (χ4n) is 4.45. The summed E-state index contributed by atoms with van der Waals surface area (Å²) < 4.78 is 38.6. The fraction of sp³-hybridized carbons (Fsp3) is 0.435. The molecule has 2 aliphatic heterocycles. The van der Waals surface area contributed by atoms with Gasteiger partial charge in [0.15, 0.2) is 0 Å². The largest absolute Gasteiger partial charge is 0.391 e. The average molecular weight is 417 g/mol. The van der Waals surface area contributed by atoms with Crippen LogP contribution in [0.1, 0.15) is 32.3 Å². The van der Waals surface area contributed by atoms with Gasteiger partial charge in [-0.05, 0) is 68.7 Å². The number of hydrogen-bond donors (Lipinski definition) is 1. The van der Waals surface area contributed by atoms with Crippen LogP contribution in [0, 0.1) is 5.92 Å². The number of fused-ring (bicyclic) bond motifs is 1. The zero-order valence-electron chi connectivity index (χ0n) is 17.4. The Morgan fingerprint density at radius 1 is 1.00 bits per heavy atom. The van der Waals surface area contributed by atoms with E-state index >= 15 is 0 Å². The van der Waals surface area contributed by atoms with E-state index in [0.29, 0.717) is 13.1 Å². The number of halogens is 3. The quantitative estimate of drug-likeness (QED) is 0.720. The number of benzene rings is 2. The van der Waals surface area contributed by atoms with Crippen molar-refractivity contribution >= 4 is 28.7 Å². The molecule has 0 unspecified atom stereocenters. The Morgan fingerprint density at radius 3 is 2.20 bits per heavy atom. The van der Waals surface area contributed by atoms with Crippen molar-refractivity contribution in [3.05, 3.63) is 48.0 Å². The molecule has 0 bridgehead atoms. The number of carbonyl (C=O) groups is 1. The van der Waals surface area contributed by atoms with Gasteiger partial charge in [-0.3, -0.25) is 4.79 Å². The van der Waals surface area contributed by atoms with Crippen LogP contribution in [0.25, 0.3) is 0 Å². The summed E-state index contributed by atoms with van der Waals surface area (Å²) in [6, 6.07) is 13.6. The molecular formula is C23H26F3N3O. The number of nitrogens with zero attached hydrogens (tertiary/aromatic N) is 2. The monoisotopic (exact) mass is 417 g/mol. The molecule has 1 N–H and O–H groups in total. The summed E-state index contributed by atoms with van der Waals surface area (Å²) in [7, 11) is 1.79. The van der Waals surface area contributed by atoms with Gasteiger partial charge < -0.3 is 15.1 Å². The van der Waals surface area contributed by atoms with E-state index in [-0.39, 0.29) is 18.7 Å². The molecule has 30 heavy (non-hydrogen) atoms. The highest BCUT2D eigenvalue weighted by Gasteiger charge is 2.42. The maximum Gasteiger partial charge on any atom is 0.391 e. The molecule has 1 amide bonds. The van der Waals surface area contributed by atoms with Crippen molar-refractivity contribution in [3.8, 4) is 0 Å². The first kappa shape index (κ1) is 20.6. The lowest BCUT2D eigenvalue weighted by atomic mass is 9.86. The third kappa shape index (κ3) is 3.61. The Bertz CT molecular complexity index is 945. The van der Waals surface area contributed by atoms with Gasteiger partial charge in [-0.25, -0.2) is 0 Å². The van der Waals surface area contributed by atoms with Crippen molar-refractivity contribution < 1.29 is 18.0 Å². The number of alkyl halides is 3. The molecule has 160 valence electrons. The summed E-state index contributed by atoms with van der Waals surface area (Å²) in [6.45, 7) is 4.69. The molecule has 0 spiro atoms. The highest BCUT2D eigenvalue weighted by molar-refractivity contribution is 6.07. The van der Waals surface area contributed by atoms with Gasteiger partial charge in [0.2, 0.25) is 5.91 Å². The van der Waals surface area contributed by atoms with Crippen LogP contribution in [0.2, 0.25) is 0 Å². The van der Waals surface area contributed by atoms with Crippen molar-refractivity contribution in [2.45, 2.75) is 38.3 Å². The van der Waals surface area contributed by atoms with E-state index < -0.39 is 17.5 Å². The van der Waals surface area contributed by atoms with Crippen molar-refractivity contribution in [3.63, 3.8) is 0 Å². The number of piperidine rings is 1. The Morgan fingerprint density at radius 2 is 1.60 bits per heavy atom. The summed E-state index contributed by atoms with van der Waals surface area (Å²) in [5.74, 6) is -1.11. The standard InChI is InChI=1S/C23H26F3N3O/c1-22(2)19-9-6-17(14-20(19)28(3)21(22)30)27-16-4-7-18(8-5-16)29-12-10-15(11-13-29)23(24,25)26/h4-9,14-15,27H,10-13H2,1-3H3. The van der Waals surface area contributed by atoms with Crippen LogP contribution in [0.15, 0.2) is 42.5 Å². The van der Waals surface area contributed by atoms with Crippen LogP contribution >= 0.6 is 0 Å². The van der Waals surface area contributed by atoms with Crippen LogP contribution < -0.4 is 15.1 Å². The van der Waals surface area contributed by atoms with Crippen molar-refractivity contribution in [1.29, 1.82) is 0 Å². The lowest BCUT2D eigenvalue weighted by Gasteiger charge is -2.34. The highest BCUT2D eigenvalue weighted by atomic mass is 19.4. The minimum Gasteiger partial charge on any atom is -0.372 e. The van der Waals surface area contributed by atoms with Crippen LogP contribution in [-0.4, -0.2) is 32.2 Å². The Balaban J connectivity index is 1.44. The molecule has 2 aromatic carbocycles. The molecule has 0 aromatic heterocycles. The molecule has 2 aliphatic rings. The summed E-state index contributed by atoms with van der Waals surface area (Å²) >= 11 is 0. The normalized spacial score (nSPS) is 19.2. The number of likely N-dealkylation sites (N-methyl/N-ethyl adjacent to an activating group) is 1. The number of anilines is 4. The molecule has 4 nitrogen and oxygen atoms in total. The molecule has 1 fully saturated rings. The first-order chi connectivity index (χ1) is 14.1. The van der Waals surface area contributed by atoms with E-state index in [1.54, 1.807) is 11.9 Å². The molecule has 2 heterocycles.